The molecule has 33 heavy (non-hydrogen) atoms. The molecule has 1 atom stereocenters. The molecule has 172 valence electrons. The van der Waals surface area contributed by atoms with E-state index in [2.05, 4.69) is 5.32 Å². The number of rotatable bonds is 9. The highest BCUT2D eigenvalue weighted by molar-refractivity contribution is 7.92. The predicted octanol–water partition coefficient (Wildman–Crippen LogP) is 3.12. The van der Waals surface area contributed by atoms with Gasteiger partial charge in [-0.1, -0.05) is 72.8 Å². The fourth-order valence-electron chi connectivity index (χ4n) is 3.59. The van der Waals surface area contributed by atoms with Crippen LogP contribution in [0.2, 0.25) is 0 Å². The third kappa shape index (κ3) is 5.91. The summed E-state index contributed by atoms with van der Waals surface area (Å²) >= 11 is 0. The van der Waals surface area contributed by atoms with Gasteiger partial charge in [0.25, 0.3) is 5.91 Å². The SMILES string of the molecule is O=C(NCCOCc1ccccc1)[C@@H]1CN(S(=O)(=O)Cc2ccccc2)c2ccccc2O1. The molecule has 1 heterocycles. The Bertz CT molecular complexity index is 1170. The zero-order valence-electron chi connectivity index (χ0n) is 18.1. The minimum atomic E-state index is -3.73. The number of benzene rings is 3. The van der Waals surface area contributed by atoms with Crippen LogP contribution in [-0.2, 0) is 31.9 Å². The number of fused-ring (bicyclic) bond motifs is 1. The number of anilines is 1. The van der Waals surface area contributed by atoms with Gasteiger partial charge in [0.05, 0.1) is 31.2 Å². The highest BCUT2D eigenvalue weighted by Gasteiger charge is 2.36. The summed E-state index contributed by atoms with van der Waals surface area (Å²) in [6.45, 7) is 0.988. The second-order valence-electron chi connectivity index (χ2n) is 7.68. The van der Waals surface area contributed by atoms with Crippen molar-refractivity contribution < 1.29 is 22.7 Å². The first-order chi connectivity index (χ1) is 16.0. The number of sulfonamides is 1. The molecule has 1 N–H and O–H groups in total. The molecule has 7 nitrogen and oxygen atoms in total. The molecule has 3 aromatic carbocycles. The fraction of sp³-hybridized carbons (Fsp3) is 0.240. The average Bonchev–Trinajstić information content (AvgIpc) is 2.84. The highest BCUT2D eigenvalue weighted by atomic mass is 32.2. The zero-order valence-corrected chi connectivity index (χ0v) is 18.9. The van der Waals surface area contributed by atoms with Gasteiger partial charge in [-0.15, -0.1) is 0 Å². The van der Waals surface area contributed by atoms with Gasteiger partial charge in [0.1, 0.15) is 5.75 Å². The highest BCUT2D eigenvalue weighted by Crippen LogP contribution is 2.35. The molecule has 0 spiro atoms. The first kappa shape index (κ1) is 22.8. The van der Waals surface area contributed by atoms with Crippen LogP contribution in [-0.4, -0.2) is 40.1 Å². The van der Waals surface area contributed by atoms with Crippen molar-refractivity contribution in [2.75, 3.05) is 24.0 Å². The molecule has 0 fully saturated rings. The molecule has 0 unspecified atom stereocenters. The van der Waals surface area contributed by atoms with Gasteiger partial charge < -0.3 is 14.8 Å². The maximum atomic E-state index is 13.2. The topological polar surface area (TPSA) is 84.9 Å². The normalized spacial score (nSPS) is 15.4. The van der Waals surface area contributed by atoms with Crippen LogP contribution < -0.4 is 14.4 Å². The van der Waals surface area contributed by atoms with E-state index in [1.165, 1.54) is 4.31 Å². The smallest absolute Gasteiger partial charge is 0.263 e. The molecule has 4 rings (SSSR count). The number of carbonyl (C=O) groups is 1. The van der Waals surface area contributed by atoms with Crippen molar-refractivity contribution in [3.05, 3.63) is 96.1 Å². The quantitative estimate of drug-likeness (QED) is 0.490. The lowest BCUT2D eigenvalue weighted by Gasteiger charge is -2.34. The third-order valence-corrected chi connectivity index (χ3v) is 6.93. The molecule has 3 aromatic rings. The van der Waals surface area contributed by atoms with Crippen LogP contribution in [0.4, 0.5) is 5.69 Å². The average molecular weight is 467 g/mol. The molecular formula is C25H26N2O5S. The van der Waals surface area contributed by atoms with E-state index in [0.29, 0.717) is 36.8 Å². The minimum absolute atomic E-state index is 0.0944. The summed E-state index contributed by atoms with van der Waals surface area (Å²) in [4.78, 5) is 12.8. The lowest BCUT2D eigenvalue weighted by molar-refractivity contribution is -0.128. The van der Waals surface area contributed by atoms with Crippen LogP contribution in [0.15, 0.2) is 84.9 Å². The Morgan fingerprint density at radius 1 is 0.939 bits per heavy atom. The Labute approximate surface area is 194 Å². The van der Waals surface area contributed by atoms with E-state index in [-0.39, 0.29) is 18.2 Å². The van der Waals surface area contributed by atoms with Crippen LogP contribution in [0.1, 0.15) is 11.1 Å². The number of nitrogens with one attached hydrogen (secondary N) is 1. The number of amides is 1. The van der Waals surface area contributed by atoms with Crippen molar-refractivity contribution in [1.29, 1.82) is 0 Å². The molecule has 0 bridgehead atoms. The predicted molar refractivity (Wildman–Crippen MR) is 126 cm³/mol. The van der Waals surface area contributed by atoms with Gasteiger partial charge in [-0.3, -0.25) is 9.10 Å². The Morgan fingerprint density at radius 3 is 2.30 bits per heavy atom. The molecule has 1 amide bonds. The first-order valence-electron chi connectivity index (χ1n) is 10.7. The van der Waals surface area contributed by atoms with Gasteiger partial charge >= 0.3 is 0 Å². The first-order valence-corrected chi connectivity index (χ1v) is 12.3. The summed E-state index contributed by atoms with van der Waals surface area (Å²) in [6, 6.07) is 25.6. The summed E-state index contributed by atoms with van der Waals surface area (Å²) in [5.74, 6) is -0.183. The van der Waals surface area contributed by atoms with Crippen LogP contribution >= 0.6 is 0 Å². The lowest BCUT2D eigenvalue weighted by Crippen LogP contribution is -2.51. The maximum absolute atomic E-state index is 13.2. The van der Waals surface area contributed by atoms with Crippen LogP contribution in [0.5, 0.6) is 5.75 Å². The minimum Gasteiger partial charge on any atom is -0.476 e. The standard InChI is InChI=1S/C25H26N2O5S/c28-25(26-15-16-31-18-20-9-3-1-4-10-20)24-17-27(22-13-7-8-14-23(22)32-24)33(29,30)19-21-11-5-2-6-12-21/h1-14,24H,15-19H2,(H,26,28)/t24-/m0/s1. The summed E-state index contributed by atoms with van der Waals surface area (Å²) in [5, 5.41) is 2.78. The van der Waals surface area contributed by atoms with Crippen LogP contribution in [0.25, 0.3) is 0 Å². The molecular weight excluding hydrogens is 440 g/mol. The molecule has 0 aromatic heterocycles. The number of hydrogen-bond donors (Lipinski definition) is 1. The van der Waals surface area contributed by atoms with E-state index in [1.807, 2.05) is 36.4 Å². The van der Waals surface area contributed by atoms with E-state index in [4.69, 9.17) is 9.47 Å². The van der Waals surface area contributed by atoms with Crippen LogP contribution in [0.3, 0.4) is 0 Å². The van der Waals surface area contributed by atoms with Crippen molar-refractivity contribution in [3.8, 4) is 5.75 Å². The van der Waals surface area contributed by atoms with Crippen molar-refractivity contribution in [1.82, 2.24) is 5.32 Å². The molecule has 0 saturated carbocycles. The number of ether oxygens (including phenoxy) is 2. The number of nitrogens with zero attached hydrogens (tertiary/aromatic N) is 1. The second-order valence-corrected chi connectivity index (χ2v) is 9.57. The largest absolute Gasteiger partial charge is 0.476 e. The van der Waals surface area contributed by atoms with Crippen molar-refractivity contribution in [2.24, 2.45) is 0 Å². The molecule has 1 aliphatic heterocycles. The van der Waals surface area contributed by atoms with Gasteiger partial charge in [-0.25, -0.2) is 8.42 Å². The molecule has 0 radical (unpaired) electrons. The molecule has 0 aliphatic carbocycles. The summed E-state index contributed by atoms with van der Waals surface area (Å²) < 4.78 is 39.2. The Morgan fingerprint density at radius 2 is 1.58 bits per heavy atom. The molecule has 8 heteroatoms. The monoisotopic (exact) mass is 466 g/mol. The number of para-hydroxylation sites is 2. The third-order valence-electron chi connectivity index (χ3n) is 5.21. The lowest BCUT2D eigenvalue weighted by atomic mass is 10.2. The summed E-state index contributed by atoms with van der Waals surface area (Å²) in [6.07, 6.45) is -0.959. The van der Waals surface area contributed by atoms with E-state index >= 15 is 0 Å². The fourth-order valence-corrected chi connectivity index (χ4v) is 5.17. The van der Waals surface area contributed by atoms with Crippen molar-refractivity contribution >= 4 is 21.6 Å². The van der Waals surface area contributed by atoms with Crippen molar-refractivity contribution in [3.63, 3.8) is 0 Å². The molecule has 1 aliphatic rings. The molecule has 0 saturated heterocycles. The number of carbonyl (C=O) groups excluding carboxylic acids is 1. The second kappa shape index (κ2) is 10.5. The van der Waals surface area contributed by atoms with E-state index in [1.54, 1.807) is 48.5 Å². The Balaban J connectivity index is 1.38. The summed E-state index contributed by atoms with van der Waals surface area (Å²) in [7, 11) is -3.73. The van der Waals surface area contributed by atoms with Gasteiger partial charge in [0.15, 0.2) is 6.10 Å². The van der Waals surface area contributed by atoms with Gasteiger partial charge in [0.2, 0.25) is 10.0 Å². The Kier molecular flexibility index (Phi) is 7.26. The van der Waals surface area contributed by atoms with Gasteiger partial charge in [0, 0.05) is 6.54 Å². The Hall–Kier alpha value is -3.36. The number of hydrogen-bond acceptors (Lipinski definition) is 5. The van der Waals surface area contributed by atoms with E-state index < -0.39 is 16.1 Å². The van der Waals surface area contributed by atoms with E-state index in [0.717, 1.165) is 5.56 Å². The maximum Gasteiger partial charge on any atom is 0.263 e. The van der Waals surface area contributed by atoms with Crippen molar-refractivity contribution in [2.45, 2.75) is 18.5 Å². The summed E-state index contributed by atoms with van der Waals surface area (Å²) in [5.41, 5.74) is 2.16. The van der Waals surface area contributed by atoms with Gasteiger partial charge in [-0.05, 0) is 23.3 Å². The van der Waals surface area contributed by atoms with Crippen LogP contribution in [0, 0.1) is 0 Å². The zero-order chi connectivity index (χ0) is 23.1. The van der Waals surface area contributed by atoms with Gasteiger partial charge in [-0.2, -0.15) is 0 Å². The van der Waals surface area contributed by atoms with E-state index in [9.17, 15) is 13.2 Å².